The van der Waals surface area contributed by atoms with Gasteiger partial charge in [0.05, 0.1) is 0 Å². The Balaban J connectivity index is 2.56. The first-order valence-corrected chi connectivity index (χ1v) is 6.93. The molecule has 0 saturated heterocycles. The summed E-state index contributed by atoms with van der Waals surface area (Å²) in [6.45, 7) is 6.41. The van der Waals surface area contributed by atoms with E-state index in [0.717, 1.165) is 24.0 Å². The van der Waals surface area contributed by atoms with Gasteiger partial charge in [-0.2, -0.15) is 0 Å². The van der Waals surface area contributed by atoms with Crippen molar-refractivity contribution >= 4 is 0 Å². The lowest BCUT2D eigenvalue weighted by Crippen LogP contribution is -2.23. The summed E-state index contributed by atoms with van der Waals surface area (Å²) >= 11 is 0. The minimum absolute atomic E-state index is 0.131. The molecular formula is C18H22O. The van der Waals surface area contributed by atoms with Crippen molar-refractivity contribution in [2.24, 2.45) is 0 Å². The first kappa shape index (κ1) is 13.7. The van der Waals surface area contributed by atoms with Gasteiger partial charge in [-0.15, -0.1) is 0 Å². The highest BCUT2D eigenvalue weighted by Gasteiger charge is 2.30. The number of hydrogen-bond donors (Lipinski definition) is 1. The van der Waals surface area contributed by atoms with Crippen LogP contribution in [-0.4, -0.2) is 5.11 Å². The monoisotopic (exact) mass is 254 g/mol. The second-order valence-corrected chi connectivity index (χ2v) is 5.47. The molecule has 1 heteroatoms. The van der Waals surface area contributed by atoms with Crippen molar-refractivity contribution < 1.29 is 5.11 Å². The van der Waals surface area contributed by atoms with Crippen LogP contribution in [0.25, 0.3) is 0 Å². The SMILES string of the molecule is CCCC(C)(c1ccccc1)c1ccc(C)cc1O. The zero-order valence-corrected chi connectivity index (χ0v) is 12.0. The highest BCUT2D eigenvalue weighted by atomic mass is 16.3. The second kappa shape index (κ2) is 5.48. The van der Waals surface area contributed by atoms with Crippen LogP contribution in [0.15, 0.2) is 48.5 Å². The zero-order chi connectivity index (χ0) is 13.9. The van der Waals surface area contributed by atoms with Crippen molar-refractivity contribution in [2.45, 2.75) is 39.0 Å². The van der Waals surface area contributed by atoms with Crippen LogP contribution >= 0.6 is 0 Å². The van der Waals surface area contributed by atoms with Gasteiger partial charge in [0.15, 0.2) is 0 Å². The van der Waals surface area contributed by atoms with E-state index >= 15 is 0 Å². The van der Waals surface area contributed by atoms with E-state index in [1.54, 1.807) is 0 Å². The summed E-state index contributed by atoms with van der Waals surface area (Å²) in [6.07, 6.45) is 2.10. The van der Waals surface area contributed by atoms with Crippen LogP contribution < -0.4 is 0 Å². The molecule has 0 bridgehead atoms. The summed E-state index contributed by atoms with van der Waals surface area (Å²) in [7, 11) is 0. The maximum atomic E-state index is 10.3. The van der Waals surface area contributed by atoms with Gasteiger partial charge in [-0.05, 0) is 30.5 Å². The van der Waals surface area contributed by atoms with Crippen molar-refractivity contribution in [2.75, 3.05) is 0 Å². The lowest BCUT2D eigenvalue weighted by molar-refractivity contribution is 0.433. The quantitative estimate of drug-likeness (QED) is 0.830. The number of rotatable bonds is 4. The van der Waals surface area contributed by atoms with Gasteiger partial charge < -0.3 is 5.11 Å². The molecule has 0 fully saturated rings. The molecule has 1 nitrogen and oxygen atoms in total. The Morgan fingerprint density at radius 1 is 1.05 bits per heavy atom. The highest BCUT2D eigenvalue weighted by molar-refractivity contribution is 5.47. The van der Waals surface area contributed by atoms with E-state index in [1.807, 2.05) is 19.1 Å². The third kappa shape index (κ3) is 2.65. The Morgan fingerprint density at radius 2 is 1.74 bits per heavy atom. The summed E-state index contributed by atoms with van der Waals surface area (Å²) < 4.78 is 0. The molecule has 100 valence electrons. The first-order chi connectivity index (χ1) is 9.08. The third-order valence-corrected chi connectivity index (χ3v) is 3.91. The minimum Gasteiger partial charge on any atom is -0.508 e. The molecule has 0 aliphatic rings. The average molecular weight is 254 g/mol. The molecule has 0 amide bonds. The van der Waals surface area contributed by atoms with Gasteiger partial charge in [0, 0.05) is 11.0 Å². The number of aryl methyl sites for hydroxylation is 1. The molecule has 1 unspecified atom stereocenters. The molecule has 0 aromatic heterocycles. The summed E-state index contributed by atoms with van der Waals surface area (Å²) in [6, 6.07) is 16.4. The van der Waals surface area contributed by atoms with Crippen molar-refractivity contribution in [3.05, 3.63) is 65.2 Å². The predicted molar refractivity (Wildman–Crippen MR) is 80.6 cm³/mol. The summed E-state index contributed by atoms with van der Waals surface area (Å²) in [5.41, 5.74) is 3.24. The van der Waals surface area contributed by atoms with Crippen LogP contribution in [0, 0.1) is 6.92 Å². The molecule has 0 aliphatic heterocycles. The lowest BCUT2D eigenvalue weighted by atomic mass is 9.72. The molecular weight excluding hydrogens is 232 g/mol. The second-order valence-electron chi connectivity index (χ2n) is 5.47. The fourth-order valence-corrected chi connectivity index (χ4v) is 2.85. The normalized spacial score (nSPS) is 14.1. The van der Waals surface area contributed by atoms with Crippen LogP contribution in [0.4, 0.5) is 0 Å². The van der Waals surface area contributed by atoms with Gasteiger partial charge in [-0.3, -0.25) is 0 Å². The predicted octanol–water partition coefficient (Wildman–Crippen LogP) is 4.81. The van der Waals surface area contributed by atoms with Crippen LogP contribution in [0.1, 0.15) is 43.4 Å². The molecule has 0 aliphatic carbocycles. The third-order valence-electron chi connectivity index (χ3n) is 3.91. The summed E-state index contributed by atoms with van der Waals surface area (Å²) in [4.78, 5) is 0. The highest BCUT2D eigenvalue weighted by Crippen LogP contribution is 2.40. The van der Waals surface area contributed by atoms with Crippen molar-refractivity contribution in [3.8, 4) is 5.75 Å². The van der Waals surface area contributed by atoms with E-state index in [2.05, 4.69) is 50.2 Å². The van der Waals surface area contributed by atoms with Gasteiger partial charge in [0.2, 0.25) is 0 Å². The van der Waals surface area contributed by atoms with E-state index in [9.17, 15) is 5.11 Å². The average Bonchev–Trinajstić information content (AvgIpc) is 2.39. The Labute approximate surface area is 115 Å². The molecule has 19 heavy (non-hydrogen) atoms. The van der Waals surface area contributed by atoms with E-state index in [-0.39, 0.29) is 5.41 Å². The number of hydrogen-bond acceptors (Lipinski definition) is 1. The molecule has 1 atom stereocenters. The molecule has 0 heterocycles. The largest absolute Gasteiger partial charge is 0.508 e. The van der Waals surface area contributed by atoms with Gasteiger partial charge in [-0.25, -0.2) is 0 Å². The minimum atomic E-state index is -0.131. The van der Waals surface area contributed by atoms with Crippen LogP contribution in [0.5, 0.6) is 5.75 Å². The van der Waals surface area contributed by atoms with Gasteiger partial charge in [0.1, 0.15) is 5.75 Å². The Hall–Kier alpha value is -1.76. The van der Waals surface area contributed by atoms with Crippen molar-refractivity contribution in [3.63, 3.8) is 0 Å². The van der Waals surface area contributed by atoms with Crippen molar-refractivity contribution in [1.82, 2.24) is 0 Å². The van der Waals surface area contributed by atoms with Crippen molar-refractivity contribution in [1.29, 1.82) is 0 Å². The molecule has 1 N–H and O–H groups in total. The van der Waals surface area contributed by atoms with Gasteiger partial charge in [-0.1, -0.05) is 62.7 Å². The van der Waals surface area contributed by atoms with E-state index in [0.29, 0.717) is 5.75 Å². The van der Waals surface area contributed by atoms with E-state index < -0.39 is 0 Å². The smallest absolute Gasteiger partial charge is 0.119 e. The maximum absolute atomic E-state index is 10.3. The maximum Gasteiger partial charge on any atom is 0.119 e. The summed E-state index contributed by atoms with van der Waals surface area (Å²) in [5.74, 6) is 0.403. The molecule has 2 aromatic rings. The Kier molecular flexibility index (Phi) is 3.94. The molecule has 2 rings (SSSR count). The fourth-order valence-electron chi connectivity index (χ4n) is 2.85. The zero-order valence-electron chi connectivity index (χ0n) is 12.0. The number of aromatic hydroxyl groups is 1. The van der Waals surface area contributed by atoms with Crippen LogP contribution in [0.2, 0.25) is 0 Å². The standard InChI is InChI=1S/C18H22O/c1-4-12-18(3,15-8-6-5-7-9-15)16-11-10-14(2)13-17(16)19/h5-11,13,19H,4,12H2,1-3H3. The molecule has 0 spiro atoms. The van der Waals surface area contributed by atoms with Gasteiger partial charge in [0.25, 0.3) is 0 Å². The van der Waals surface area contributed by atoms with Crippen LogP contribution in [0.3, 0.4) is 0 Å². The number of benzene rings is 2. The summed E-state index contributed by atoms with van der Waals surface area (Å²) in [5, 5.41) is 10.3. The Bertz CT molecular complexity index is 545. The Morgan fingerprint density at radius 3 is 2.32 bits per heavy atom. The fraction of sp³-hybridized carbons (Fsp3) is 0.333. The molecule has 0 saturated carbocycles. The van der Waals surface area contributed by atoms with E-state index in [4.69, 9.17) is 0 Å². The van der Waals surface area contributed by atoms with E-state index in [1.165, 1.54) is 5.56 Å². The lowest BCUT2D eigenvalue weighted by Gasteiger charge is -2.31. The topological polar surface area (TPSA) is 20.2 Å². The first-order valence-electron chi connectivity index (χ1n) is 6.93. The number of phenols is 1. The van der Waals surface area contributed by atoms with Gasteiger partial charge >= 0.3 is 0 Å². The number of phenolic OH excluding ortho intramolecular Hbond substituents is 1. The molecule has 2 aromatic carbocycles. The molecule has 0 radical (unpaired) electrons. The van der Waals surface area contributed by atoms with Crippen LogP contribution in [-0.2, 0) is 5.41 Å².